The molecule has 1 fully saturated rings. The third-order valence-corrected chi connectivity index (χ3v) is 4.75. The van der Waals surface area contributed by atoms with Gasteiger partial charge in [-0.3, -0.25) is 4.21 Å². The molecule has 0 amide bonds. The maximum Gasteiger partial charge on any atom is 0.124 e. The maximum absolute atomic E-state index is 13.1. The Morgan fingerprint density at radius 3 is 2.71 bits per heavy atom. The molecule has 0 atom stereocenters. The number of hydrogen-bond donors (Lipinski definition) is 1. The van der Waals surface area contributed by atoms with Crippen molar-refractivity contribution in [2.45, 2.75) is 25.4 Å². The van der Waals surface area contributed by atoms with Crippen molar-refractivity contribution in [3.63, 3.8) is 0 Å². The second-order valence-corrected chi connectivity index (χ2v) is 6.89. The van der Waals surface area contributed by atoms with E-state index in [1.54, 1.807) is 6.07 Å². The number of nitrogens with one attached hydrogen (secondary N) is 1. The van der Waals surface area contributed by atoms with Gasteiger partial charge in [-0.2, -0.15) is 0 Å². The zero-order valence-electron chi connectivity index (χ0n) is 9.42. The summed E-state index contributed by atoms with van der Waals surface area (Å²) in [5.41, 5.74) is 0.934. The summed E-state index contributed by atoms with van der Waals surface area (Å²) in [5.74, 6) is 1.34. The highest BCUT2D eigenvalue weighted by molar-refractivity contribution is 9.10. The van der Waals surface area contributed by atoms with Gasteiger partial charge in [0.05, 0.1) is 0 Å². The Morgan fingerprint density at radius 1 is 1.35 bits per heavy atom. The summed E-state index contributed by atoms with van der Waals surface area (Å²) in [7, 11) is -0.624. The van der Waals surface area contributed by atoms with Crippen LogP contribution in [0.15, 0.2) is 22.7 Å². The monoisotopic (exact) mass is 319 g/mol. The van der Waals surface area contributed by atoms with Crippen molar-refractivity contribution in [3.8, 4) is 0 Å². The third-order valence-electron chi connectivity index (χ3n) is 2.91. The van der Waals surface area contributed by atoms with Gasteiger partial charge in [0.2, 0.25) is 0 Å². The minimum atomic E-state index is -0.624. The first-order valence-electron chi connectivity index (χ1n) is 5.67. The molecule has 1 aliphatic rings. The molecular weight excluding hydrogens is 305 g/mol. The summed E-state index contributed by atoms with van der Waals surface area (Å²) in [6.45, 7) is 0.660. The van der Waals surface area contributed by atoms with Crippen LogP contribution in [0.4, 0.5) is 4.39 Å². The van der Waals surface area contributed by atoms with Crippen molar-refractivity contribution in [1.29, 1.82) is 0 Å². The lowest BCUT2D eigenvalue weighted by molar-refractivity contribution is 0.474. The van der Waals surface area contributed by atoms with Crippen molar-refractivity contribution < 1.29 is 8.60 Å². The number of rotatable bonds is 3. The number of halogens is 2. The van der Waals surface area contributed by atoms with E-state index < -0.39 is 10.8 Å². The summed E-state index contributed by atoms with van der Waals surface area (Å²) in [6, 6.07) is 5.32. The van der Waals surface area contributed by atoms with E-state index in [1.165, 1.54) is 6.07 Å². The first-order chi connectivity index (χ1) is 8.13. The smallest absolute Gasteiger partial charge is 0.124 e. The summed E-state index contributed by atoms with van der Waals surface area (Å²) >= 11 is 3.28. The van der Waals surface area contributed by atoms with Crippen LogP contribution in [-0.2, 0) is 17.3 Å². The van der Waals surface area contributed by atoms with Crippen LogP contribution in [0, 0.1) is 5.82 Å². The van der Waals surface area contributed by atoms with Gasteiger partial charge < -0.3 is 5.32 Å². The Bertz CT molecular complexity index is 397. The Hall–Kier alpha value is -0.260. The molecule has 1 aromatic rings. The molecule has 1 aliphatic heterocycles. The molecule has 17 heavy (non-hydrogen) atoms. The molecule has 94 valence electrons. The maximum atomic E-state index is 13.1. The highest BCUT2D eigenvalue weighted by Crippen LogP contribution is 2.16. The molecule has 0 aromatic heterocycles. The standard InChI is InChI=1S/C12H15BrFNOS/c13-10-5-9(6-11(14)7-10)8-15-12-1-3-17(16)4-2-12/h5-7,12,15H,1-4,8H2. The molecule has 5 heteroatoms. The lowest BCUT2D eigenvalue weighted by Gasteiger charge is -2.22. The zero-order valence-corrected chi connectivity index (χ0v) is 11.8. The van der Waals surface area contributed by atoms with Gasteiger partial charge in [0, 0.05) is 39.4 Å². The van der Waals surface area contributed by atoms with Crippen LogP contribution in [0.2, 0.25) is 0 Å². The fourth-order valence-corrected chi connectivity index (χ4v) is 3.78. The fraction of sp³-hybridized carbons (Fsp3) is 0.500. The molecule has 0 unspecified atom stereocenters. The first-order valence-corrected chi connectivity index (χ1v) is 7.95. The van der Waals surface area contributed by atoms with Gasteiger partial charge in [-0.1, -0.05) is 15.9 Å². The van der Waals surface area contributed by atoms with E-state index in [9.17, 15) is 8.60 Å². The number of hydrogen-bond acceptors (Lipinski definition) is 2. The Morgan fingerprint density at radius 2 is 2.06 bits per heavy atom. The van der Waals surface area contributed by atoms with E-state index in [1.807, 2.05) is 6.07 Å². The SMILES string of the molecule is O=S1CCC(NCc2cc(F)cc(Br)c2)CC1. The molecule has 0 aliphatic carbocycles. The summed E-state index contributed by atoms with van der Waals surface area (Å²) in [4.78, 5) is 0. The van der Waals surface area contributed by atoms with Crippen LogP contribution in [-0.4, -0.2) is 21.8 Å². The molecule has 0 spiro atoms. The van der Waals surface area contributed by atoms with E-state index in [2.05, 4.69) is 21.2 Å². The normalized spacial score (nSPS) is 24.8. The predicted octanol–water partition coefficient (Wildman–Crippen LogP) is 2.59. The van der Waals surface area contributed by atoms with Crippen LogP contribution < -0.4 is 5.32 Å². The quantitative estimate of drug-likeness (QED) is 0.927. The van der Waals surface area contributed by atoms with Gasteiger partial charge in [0.1, 0.15) is 5.82 Å². The largest absolute Gasteiger partial charge is 0.310 e. The van der Waals surface area contributed by atoms with E-state index in [0.717, 1.165) is 34.4 Å². The molecular formula is C12H15BrFNOS. The average Bonchev–Trinajstić information content (AvgIpc) is 2.27. The summed E-state index contributed by atoms with van der Waals surface area (Å²) < 4.78 is 25.1. The second kappa shape index (κ2) is 6.07. The molecule has 1 saturated heterocycles. The Labute approximate surface area is 112 Å². The van der Waals surface area contributed by atoms with Crippen LogP contribution in [0.25, 0.3) is 0 Å². The first kappa shape index (κ1) is 13.2. The van der Waals surface area contributed by atoms with Gasteiger partial charge >= 0.3 is 0 Å². The summed E-state index contributed by atoms with van der Waals surface area (Å²) in [5, 5.41) is 3.39. The lowest BCUT2D eigenvalue weighted by Crippen LogP contribution is -2.35. The van der Waals surface area contributed by atoms with Gasteiger partial charge in [-0.15, -0.1) is 0 Å². The van der Waals surface area contributed by atoms with Crippen LogP contribution in [0.3, 0.4) is 0 Å². The predicted molar refractivity (Wildman–Crippen MR) is 71.8 cm³/mol. The topological polar surface area (TPSA) is 29.1 Å². The highest BCUT2D eigenvalue weighted by atomic mass is 79.9. The fourth-order valence-electron chi connectivity index (χ4n) is 1.97. The van der Waals surface area contributed by atoms with E-state index in [4.69, 9.17) is 0 Å². The molecule has 1 heterocycles. The molecule has 0 bridgehead atoms. The van der Waals surface area contributed by atoms with Crippen LogP contribution in [0.1, 0.15) is 18.4 Å². The van der Waals surface area contributed by atoms with Crippen molar-refractivity contribution in [1.82, 2.24) is 5.32 Å². The van der Waals surface area contributed by atoms with Gasteiger partial charge in [-0.25, -0.2) is 4.39 Å². The zero-order chi connectivity index (χ0) is 12.3. The average molecular weight is 320 g/mol. The van der Waals surface area contributed by atoms with Crippen molar-refractivity contribution >= 4 is 26.7 Å². The lowest BCUT2D eigenvalue weighted by atomic mass is 10.1. The molecule has 0 saturated carbocycles. The third kappa shape index (κ3) is 4.16. The Kier molecular flexibility index (Phi) is 4.70. The molecule has 2 rings (SSSR count). The van der Waals surface area contributed by atoms with E-state index in [-0.39, 0.29) is 5.82 Å². The molecule has 0 radical (unpaired) electrons. The van der Waals surface area contributed by atoms with Gasteiger partial charge in [-0.05, 0) is 36.6 Å². The number of benzene rings is 1. The minimum absolute atomic E-state index is 0.221. The second-order valence-electron chi connectivity index (χ2n) is 4.28. The highest BCUT2D eigenvalue weighted by Gasteiger charge is 2.17. The van der Waals surface area contributed by atoms with E-state index >= 15 is 0 Å². The van der Waals surface area contributed by atoms with E-state index in [0.29, 0.717) is 12.6 Å². The molecule has 2 nitrogen and oxygen atoms in total. The Balaban J connectivity index is 1.87. The van der Waals surface area contributed by atoms with Crippen LogP contribution in [0.5, 0.6) is 0 Å². The molecule has 1 aromatic carbocycles. The van der Waals surface area contributed by atoms with Crippen molar-refractivity contribution in [2.75, 3.05) is 11.5 Å². The van der Waals surface area contributed by atoms with Crippen LogP contribution >= 0.6 is 15.9 Å². The summed E-state index contributed by atoms with van der Waals surface area (Å²) in [6.07, 6.45) is 1.90. The van der Waals surface area contributed by atoms with Crippen molar-refractivity contribution in [3.05, 3.63) is 34.1 Å². The van der Waals surface area contributed by atoms with Gasteiger partial charge in [0.15, 0.2) is 0 Å². The van der Waals surface area contributed by atoms with Gasteiger partial charge in [0.25, 0.3) is 0 Å². The molecule has 1 N–H and O–H groups in total. The van der Waals surface area contributed by atoms with Crippen molar-refractivity contribution in [2.24, 2.45) is 0 Å². The minimum Gasteiger partial charge on any atom is -0.310 e.